The molecule has 0 saturated carbocycles. The molecule has 0 unspecified atom stereocenters. The van der Waals surface area contributed by atoms with Gasteiger partial charge in [-0.05, 0) is 105 Å². The van der Waals surface area contributed by atoms with Gasteiger partial charge in [-0.3, -0.25) is 0 Å². The van der Waals surface area contributed by atoms with Crippen LogP contribution in [0.5, 0.6) is 0 Å². The Balaban J connectivity index is 1.25. The third-order valence-electron chi connectivity index (χ3n) is 9.06. The fourth-order valence-corrected chi connectivity index (χ4v) is 12.2. The predicted octanol–water partition coefficient (Wildman–Crippen LogP) is 17.4. The summed E-state index contributed by atoms with van der Waals surface area (Å²) in [4.78, 5) is 8.57. The fraction of sp³-hybridized carbons (Fsp3) is 0.600. The van der Waals surface area contributed by atoms with Gasteiger partial charge in [0.2, 0.25) is 0 Å². The number of thiophene rings is 4. The number of hydrogen-bond donors (Lipinski definition) is 0. The van der Waals surface area contributed by atoms with Gasteiger partial charge in [0.25, 0.3) is 0 Å². The van der Waals surface area contributed by atoms with E-state index in [4.69, 9.17) is 0 Å². The van der Waals surface area contributed by atoms with Crippen LogP contribution in [0.4, 0.5) is 0 Å². The molecule has 46 heavy (non-hydrogen) atoms. The summed E-state index contributed by atoms with van der Waals surface area (Å²) in [5.74, 6) is 0. The molecule has 4 rings (SSSR count). The van der Waals surface area contributed by atoms with Crippen molar-refractivity contribution in [2.45, 2.75) is 155 Å². The third kappa shape index (κ3) is 13.2. The van der Waals surface area contributed by atoms with Gasteiger partial charge in [0.1, 0.15) is 0 Å². The van der Waals surface area contributed by atoms with Gasteiger partial charge in [-0.2, -0.15) is 0 Å². The molecular weight excluding hydrogens is 769 g/mol. The van der Waals surface area contributed by atoms with Gasteiger partial charge in [-0.25, -0.2) is 0 Å². The van der Waals surface area contributed by atoms with E-state index in [-0.39, 0.29) is 0 Å². The van der Waals surface area contributed by atoms with Crippen molar-refractivity contribution in [1.29, 1.82) is 0 Å². The normalized spacial score (nSPS) is 11.7. The molecule has 0 atom stereocenters. The molecule has 0 spiro atoms. The summed E-state index contributed by atoms with van der Waals surface area (Å²) < 4.78 is 2.52. The predicted molar refractivity (Wildman–Crippen MR) is 221 cm³/mol. The molecule has 0 nitrogen and oxygen atoms in total. The summed E-state index contributed by atoms with van der Waals surface area (Å²) >= 11 is 15.4. The highest BCUT2D eigenvalue weighted by atomic mass is 79.9. The quantitative estimate of drug-likeness (QED) is 0.0584. The molecule has 0 aliphatic rings. The van der Waals surface area contributed by atoms with E-state index in [1.165, 1.54) is 189 Å². The van der Waals surface area contributed by atoms with Crippen LogP contribution >= 0.6 is 77.2 Å². The highest BCUT2D eigenvalue weighted by Gasteiger charge is 2.16. The van der Waals surface area contributed by atoms with E-state index in [1.807, 2.05) is 45.3 Å². The van der Waals surface area contributed by atoms with Crippen LogP contribution in [0, 0.1) is 0 Å². The summed E-state index contributed by atoms with van der Waals surface area (Å²) in [6.45, 7) is 4.60. The Bertz CT molecular complexity index is 1270. The van der Waals surface area contributed by atoms with Crippen LogP contribution in [0.2, 0.25) is 0 Å². The highest BCUT2D eigenvalue weighted by molar-refractivity contribution is 9.11. The van der Waals surface area contributed by atoms with Gasteiger partial charge < -0.3 is 0 Å². The van der Waals surface area contributed by atoms with Crippen molar-refractivity contribution in [3.05, 3.63) is 55.1 Å². The van der Waals surface area contributed by atoms with E-state index in [1.54, 1.807) is 0 Å². The van der Waals surface area contributed by atoms with E-state index in [0.717, 1.165) is 0 Å². The molecule has 254 valence electrons. The smallest absolute Gasteiger partial charge is 0.0708 e. The second-order valence-electron chi connectivity index (χ2n) is 13.0. The van der Waals surface area contributed by atoms with Gasteiger partial charge in [-0.1, -0.05) is 129 Å². The van der Waals surface area contributed by atoms with Gasteiger partial charge in [-0.15, -0.1) is 45.3 Å². The SMILES string of the molecule is CCCCCCCCCCCCc1cc(Br)sc1-c1ccc(-c2ccc(-c3sc(Br)cc3CCCCCCCCCCCC)s2)s1. The number of hydrogen-bond acceptors (Lipinski definition) is 4. The van der Waals surface area contributed by atoms with Crippen LogP contribution < -0.4 is 0 Å². The molecule has 0 N–H and O–H groups in total. The second-order valence-corrected chi connectivity index (χ2v) is 20.0. The number of unbranched alkanes of at least 4 members (excludes halogenated alkanes) is 18. The lowest BCUT2D eigenvalue weighted by atomic mass is 10.0. The Morgan fingerprint density at radius 1 is 0.391 bits per heavy atom. The fourth-order valence-electron chi connectivity index (χ4n) is 6.37. The van der Waals surface area contributed by atoms with E-state index in [2.05, 4.69) is 82.1 Å². The van der Waals surface area contributed by atoms with Crippen LogP contribution in [0.3, 0.4) is 0 Å². The zero-order valence-electron chi connectivity index (χ0n) is 28.4. The minimum Gasteiger partial charge on any atom is -0.134 e. The van der Waals surface area contributed by atoms with Crippen LogP contribution in [-0.2, 0) is 12.8 Å². The maximum Gasteiger partial charge on any atom is 0.0708 e. The van der Waals surface area contributed by atoms with Crippen molar-refractivity contribution >= 4 is 77.2 Å². The molecular formula is C40H56Br2S4. The van der Waals surface area contributed by atoms with E-state index in [9.17, 15) is 0 Å². The third-order valence-corrected chi connectivity index (χ3v) is 15.1. The highest BCUT2D eigenvalue weighted by Crippen LogP contribution is 2.46. The van der Waals surface area contributed by atoms with E-state index in [0.29, 0.717) is 0 Å². The maximum atomic E-state index is 3.81. The van der Waals surface area contributed by atoms with Crippen molar-refractivity contribution in [3.8, 4) is 29.3 Å². The summed E-state index contributed by atoms with van der Waals surface area (Å²) in [6.07, 6.45) is 30.2. The molecule has 0 fully saturated rings. The summed E-state index contributed by atoms with van der Waals surface area (Å²) in [7, 11) is 0. The van der Waals surface area contributed by atoms with Gasteiger partial charge >= 0.3 is 0 Å². The van der Waals surface area contributed by atoms with Gasteiger partial charge in [0, 0.05) is 29.3 Å². The molecule has 4 aromatic rings. The first-order valence-corrected chi connectivity index (χ1v) is 23.2. The van der Waals surface area contributed by atoms with Crippen LogP contribution in [-0.4, -0.2) is 0 Å². The molecule has 0 aliphatic heterocycles. The van der Waals surface area contributed by atoms with Crippen molar-refractivity contribution in [2.75, 3.05) is 0 Å². The zero-order valence-corrected chi connectivity index (χ0v) is 34.8. The Morgan fingerprint density at radius 3 is 1.04 bits per heavy atom. The summed E-state index contributed by atoms with van der Waals surface area (Å²) in [6, 6.07) is 14.2. The standard InChI is InChI=1S/C40H56Br2S4/c1-3-5-7-9-11-13-15-17-19-21-23-31-29-37(41)45-39(31)35-27-25-33(43-35)34-26-28-36(44-34)40-32(30-38(42)46-40)24-22-20-18-16-14-12-10-8-6-4-2/h25-30H,3-24H2,1-2H3. The number of rotatable bonds is 25. The van der Waals surface area contributed by atoms with E-state index < -0.39 is 0 Å². The zero-order chi connectivity index (χ0) is 32.4. The summed E-state index contributed by atoms with van der Waals surface area (Å²) in [5.41, 5.74) is 3.05. The molecule has 0 radical (unpaired) electrons. The Hall–Kier alpha value is -0.240. The molecule has 0 amide bonds. The van der Waals surface area contributed by atoms with Crippen LogP contribution in [0.15, 0.2) is 44.0 Å². The monoisotopic (exact) mass is 822 g/mol. The minimum absolute atomic E-state index is 1.19. The molecule has 0 aliphatic carbocycles. The lowest BCUT2D eigenvalue weighted by Crippen LogP contribution is -1.86. The molecule has 0 aromatic carbocycles. The van der Waals surface area contributed by atoms with Gasteiger partial charge in [0.05, 0.1) is 7.57 Å². The van der Waals surface area contributed by atoms with Crippen molar-refractivity contribution in [3.63, 3.8) is 0 Å². The Morgan fingerprint density at radius 2 is 0.696 bits per heavy atom. The molecule has 0 saturated heterocycles. The van der Waals surface area contributed by atoms with Crippen LogP contribution in [0.1, 0.15) is 153 Å². The Labute approximate surface area is 314 Å². The minimum atomic E-state index is 1.19. The average molecular weight is 825 g/mol. The topological polar surface area (TPSA) is 0 Å². The molecule has 4 heterocycles. The summed E-state index contributed by atoms with van der Waals surface area (Å²) in [5, 5.41) is 0. The van der Waals surface area contributed by atoms with Crippen LogP contribution in [0.25, 0.3) is 29.3 Å². The lowest BCUT2D eigenvalue weighted by Gasteiger charge is -2.04. The molecule has 4 aromatic heterocycles. The average Bonchev–Trinajstić information content (AvgIpc) is 3.85. The lowest BCUT2D eigenvalue weighted by molar-refractivity contribution is 0.556. The molecule has 0 bridgehead atoms. The number of halogens is 2. The first kappa shape index (κ1) is 38.6. The molecule has 6 heteroatoms. The maximum absolute atomic E-state index is 3.81. The second kappa shape index (κ2) is 22.5. The van der Waals surface area contributed by atoms with Crippen molar-refractivity contribution < 1.29 is 0 Å². The Kier molecular flexibility index (Phi) is 18.8. The first-order valence-electron chi connectivity index (χ1n) is 18.4. The first-order chi connectivity index (χ1) is 22.6. The van der Waals surface area contributed by atoms with Gasteiger partial charge in [0.15, 0.2) is 0 Å². The van der Waals surface area contributed by atoms with E-state index >= 15 is 0 Å². The van der Waals surface area contributed by atoms with Crippen molar-refractivity contribution in [1.82, 2.24) is 0 Å². The number of aryl methyl sites for hydroxylation is 2. The van der Waals surface area contributed by atoms with Crippen molar-refractivity contribution in [2.24, 2.45) is 0 Å². The largest absolute Gasteiger partial charge is 0.134 e.